The number of benzene rings is 1. The van der Waals surface area contributed by atoms with E-state index in [0.29, 0.717) is 12.2 Å². The lowest BCUT2D eigenvalue weighted by molar-refractivity contribution is -0.145. The zero-order valence-electron chi connectivity index (χ0n) is 23.4. The van der Waals surface area contributed by atoms with Crippen molar-refractivity contribution < 1.29 is 19.9 Å². The summed E-state index contributed by atoms with van der Waals surface area (Å²) < 4.78 is 0. The Kier molecular flexibility index (Phi) is 28.6. The van der Waals surface area contributed by atoms with Gasteiger partial charge in [-0.2, -0.15) is 0 Å². The van der Waals surface area contributed by atoms with E-state index < -0.39 is 13.1 Å². The first-order chi connectivity index (χ1) is 16.4. The number of hydrogen-bond acceptors (Lipinski definition) is 5. The van der Waals surface area contributed by atoms with Crippen LogP contribution in [0.5, 0.6) is 0 Å². The normalized spacial score (nSPS) is 18.1. The SMILES string of the molecule is CC.CC.CCB(O)O.CCC.CN.O=C(O)[C@H]1CCCC[C@H]1CN1CCc2ccccc2C1. The van der Waals surface area contributed by atoms with Gasteiger partial charge in [0.1, 0.15) is 0 Å². The van der Waals surface area contributed by atoms with Crippen molar-refractivity contribution in [2.45, 2.75) is 99.9 Å². The number of rotatable bonds is 4. The topological polar surface area (TPSA) is 107 Å². The van der Waals surface area contributed by atoms with E-state index in [9.17, 15) is 9.90 Å². The molecule has 0 spiro atoms. The molecule has 1 aliphatic carbocycles. The molecule has 1 aromatic rings. The highest BCUT2D eigenvalue weighted by atomic mass is 16.4. The highest BCUT2D eigenvalue weighted by Gasteiger charge is 2.32. The van der Waals surface area contributed by atoms with Gasteiger partial charge in [0.25, 0.3) is 0 Å². The summed E-state index contributed by atoms with van der Waals surface area (Å²) in [5, 5.41) is 25.2. The van der Waals surface area contributed by atoms with Gasteiger partial charge in [0.2, 0.25) is 0 Å². The molecule has 7 heteroatoms. The first-order valence-corrected chi connectivity index (χ1v) is 13.4. The van der Waals surface area contributed by atoms with Crippen LogP contribution in [-0.2, 0) is 17.8 Å². The molecule has 0 aromatic heterocycles. The Bertz CT molecular complexity index is 573. The molecule has 6 nitrogen and oxygen atoms in total. The Balaban J connectivity index is -0.000000579. The number of nitrogens with two attached hydrogens (primary N) is 1. The van der Waals surface area contributed by atoms with Crippen LogP contribution in [-0.4, -0.2) is 53.3 Å². The van der Waals surface area contributed by atoms with Gasteiger partial charge in [0.15, 0.2) is 0 Å². The molecule has 1 fully saturated rings. The summed E-state index contributed by atoms with van der Waals surface area (Å²) in [7, 11) is 0.384. The maximum absolute atomic E-state index is 11.4. The average Bonchev–Trinajstić information content (AvgIpc) is 2.88. The second kappa shape index (κ2) is 26.2. The van der Waals surface area contributed by atoms with E-state index in [-0.39, 0.29) is 5.92 Å². The van der Waals surface area contributed by atoms with Crippen LogP contribution in [0.3, 0.4) is 0 Å². The highest BCUT2D eigenvalue weighted by Crippen LogP contribution is 2.32. The van der Waals surface area contributed by atoms with Crippen LogP contribution in [0.25, 0.3) is 0 Å². The molecule has 0 bridgehead atoms. The fourth-order valence-corrected chi connectivity index (χ4v) is 3.79. The molecule has 1 aromatic carbocycles. The van der Waals surface area contributed by atoms with Crippen molar-refractivity contribution in [1.29, 1.82) is 0 Å². The van der Waals surface area contributed by atoms with Crippen molar-refractivity contribution >= 4 is 13.1 Å². The monoisotopic (exact) mass is 482 g/mol. The standard InChI is InChI=1S/C17H23NO2.C3H8.C2H7BO2.2C2H6.CH5N/c19-17(20)16-8-4-3-7-15(16)12-18-10-9-13-5-1-2-6-14(13)11-18;1-3-2;1-2-3(4)5;3*1-2/h1-2,5-6,15-16H,3-4,7-12H2,(H,19,20);3H2,1-2H3;4-5H,2H2,1H3;2*1-2H3;2H2,1H3/t15-,16-;;;;;/m0...../s1. The summed E-state index contributed by atoms with van der Waals surface area (Å²) in [5.74, 6) is -0.375. The molecule has 1 saturated carbocycles. The van der Waals surface area contributed by atoms with E-state index in [1.807, 2.05) is 27.7 Å². The van der Waals surface area contributed by atoms with Crippen molar-refractivity contribution in [3.05, 3.63) is 35.4 Å². The van der Waals surface area contributed by atoms with Crippen LogP contribution in [0.15, 0.2) is 24.3 Å². The summed E-state index contributed by atoms with van der Waals surface area (Å²) in [6.07, 6.45) is 6.98. The third-order valence-corrected chi connectivity index (χ3v) is 5.29. The van der Waals surface area contributed by atoms with Gasteiger partial charge in [0.05, 0.1) is 5.92 Å². The Morgan fingerprint density at radius 3 is 1.94 bits per heavy atom. The number of carbonyl (C=O) groups is 1. The van der Waals surface area contributed by atoms with Crippen molar-refractivity contribution in [2.24, 2.45) is 17.6 Å². The maximum atomic E-state index is 11.4. The molecule has 2 atom stereocenters. The van der Waals surface area contributed by atoms with Crippen molar-refractivity contribution in [3.8, 4) is 0 Å². The summed E-state index contributed by atoms with van der Waals surface area (Å²) in [6, 6.07) is 8.63. The van der Waals surface area contributed by atoms with Gasteiger partial charge >= 0.3 is 13.1 Å². The average molecular weight is 483 g/mol. The Labute approximate surface area is 211 Å². The van der Waals surface area contributed by atoms with E-state index in [0.717, 1.165) is 45.3 Å². The first-order valence-electron chi connectivity index (χ1n) is 13.4. The highest BCUT2D eigenvalue weighted by molar-refractivity contribution is 6.40. The molecule has 0 amide bonds. The Morgan fingerprint density at radius 1 is 1.00 bits per heavy atom. The van der Waals surface area contributed by atoms with Crippen molar-refractivity contribution in [1.82, 2.24) is 4.90 Å². The lowest BCUT2D eigenvalue weighted by Crippen LogP contribution is -2.39. The number of nitrogens with zero attached hydrogens (tertiary/aromatic N) is 1. The fraction of sp³-hybridized carbons (Fsp3) is 0.741. The largest absolute Gasteiger partial charge is 0.481 e. The van der Waals surface area contributed by atoms with Gasteiger partial charge in [-0.1, -0.05) is 92.0 Å². The van der Waals surface area contributed by atoms with Crippen LogP contribution in [0.2, 0.25) is 6.32 Å². The van der Waals surface area contributed by atoms with Crippen LogP contribution in [0.4, 0.5) is 0 Å². The zero-order valence-corrected chi connectivity index (χ0v) is 23.4. The van der Waals surface area contributed by atoms with Crippen LogP contribution >= 0.6 is 0 Å². The molecule has 1 aliphatic heterocycles. The molecule has 200 valence electrons. The van der Waals surface area contributed by atoms with Gasteiger partial charge in [0, 0.05) is 19.6 Å². The number of hydrogen-bond donors (Lipinski definition) is 4. The third-order valence-electron chi connectivity index (χ3n) is 5.29. The number of carboxylic acids is 1. The molecule has 0 saturated heterocycles. The molecule has 5 N–H and O–H groups in total. The second-order valence-corrected chi connectivity index (χ2v) is 7.84. The van der Waals surface area contributed by atoms with Gasteiger partial charge in [-0.15, -0.1) is 0 Å². The van der Waals surface area contributed by atoms with Gasteiger partial charge < -0.3 is 20.9 Å². The minimum absolute atomic E-state index is 0.124. The Morgan fingerprint density at radius 2 is 1.47 bits per heavy atom. The van der Waals surface area contributed by atoms with Crippen LogP contribution in [0.1, 0.15) is 91.7 Å². The second-order valence-electron chi connectivity index (χ2n) is 7.84. The minimum atomic E-state index is -1.12. The number of fused-ring (bicyclic) bond motifs is 1. The summed E-state index contributed by atoms with van der Waals surface area (Å²) in [5.41, 5.74) is 7.38. The lowest BCUT2D eigenvalue weighted by Gasteiger charge is -2.35. The molecule has 3 rings (SSSR count). The van der Waals surface area contributed by atoms with Gasteiger partial charge in [-0.05, 0) is 49.7 Å². The fourth-order valence-electron chi connectivity index (χ4n) is 3.79. The molecule has 0 radical (unpaired) electrons. The van der Waals surface area contributed by atoms with E-state index in [1.54, 1.807) is 6.92 Å². The van der Waals surface area contributed by atoms with Crippen LogP contribution < -0.4 is 5.73 Å². The maximum Gasteiger partial charge on any atom is 0.451 e. The minimum Gasteiger partial charge on any atom is -0.481 e. The number of carboxylic acid groups (broad SMARTS) is 1. The van der Waals surface area contributed by atoms with Gasteiger partial charge in [-0.25, -0.2) is 0 Å². The molecular formula is C27H55BN2O4. The third kappa shape index (κ3) is 17.1. The molecule has 2 aliphatic rings. The molecule has 0 unspecified atom stereocenters. The smallest absolute Gasteiger partial charge is 0.451 e. The summed E-state index contributed by atoms with van der Waals surface area (Å²) in [4.78, 5) is 13.8. The summed E-state index contributed by atoms with van der Waals surface area (Å²) >= 11 is 0. The van der Waals surface area contributed by atoms with E-state index >= 15 is 0 Å². The van der Waals surface area contributed by atoms with Crippen molar-refractivity contribution in [2.75, 3.05) is 20.1 Å². The molecule has 1 heterocycles. The molecule has 34 heavy (non-hydrogen) atoms. The lowest BCUT2D eigenvalue weighted by atomic mass is 9.78. The summed E-state index contributed by atoms with van der Waals surface area (Å²) in [6.45, 7) is 17.0. The zero-order chi connectivity index (χ0) is 26.9. The van der Waals surface area contributed by atoms with E-state index in [2.05, 4.69) is 48.7 Å². The van der Waals surface area contributed by atoms with Crippen molar-refractivity contribution in [3.63, 3.8) is 0 Å². The predicted octanol–water partition coefficient (Wildman–Crippen LogP) is 5.46. The van der Waals surface area contributed by atoms with E-state index in [1.165, 1.54) is 31.0 Å². The number of aliphatic carboxylic acids is 1. The molecular weight excluding hydrogens is 427 g/mol. The van der Waals surface area contributed by atoms with Crippen LogP contribution in [0, 0.1) is 11.8 Å². The Hall–Kier alpha value is -1.41. The van der Waals surface area contributed by atoms with Gasteiger partial charge in [-0.3, -0.25) is 9.69 Å². The quantitative estimate of drug-likeness (QED) is 0.425. The predicted molar refractivity (Wildman–Crippen MR) is 148 cm³/mol. The van der Waals surface area contributed by atoms with E-state index in [4.69, 9.17) is 10.0 Å². The first kappa shape index (κ1) is 37.1.